The second kappa shape index (κ2) is 5.71. The first-order chi connectivity index (χ1) is 9.74. The van der Waals surface area contributed by atoms with Crippen LogP contribution in [0.15, 0.2) is 18.2 Å². The number of likely N-dealkylation sites (N-methyl/N-ethyl adjacent to an activating group) is 1. The average Bonchev–Trinajstić information content (AvgIpc) is 2.71. The molecule has 0 spiro atoms. The van der Waals surface area contributed by atoms with Gasteiger partial charge in [-0.3, -0.25) is 4.79 Å². The molecule has 1 fully saturated rings. The van der Waals surface area contributed by atoms with Crippen molar-refractivity contribution >= 4 is 17.3 Å². The van der Waals surface area contributed by atoms with E-state index < -0.39 is 0 Å². The number of fused-ring (bicyclic) bond motifs is 1. The summed E-state index contributed by atoms with van der Waals surface area (Å²) in [4.78, 5) is 16.9. The van der Waals surface area contributed by atoms with Crippen molar-refractivity contribution < 1.29 is 4.79 Å². The lowest BCUT2D eigenvalue weighted by Crippen LogP contribution is -2.34. The predicted molar refractivity (Wildman–Crippen MR) is 81.4 cm³/mol. The van der Waals surface area contributed by atoms with Gasteiger partial charge in [0.2, 0.25) is 0 Å². The third-order valence-corrected chi connectivity index (χ3v) is 4.03. The molecule has 2 N–H and O–H groups in total. The molecular formula is C15H22N4O. The van der Waals surface area contributed by atoms with Crippen molar-refractivity contribution in [3.63, 3.8) is 0 Å². The number of nitrogens with zero attached hydrogens (tertiary/aromatic N) is 2. The van der Waals surface area contributed by atoms with E-state index in [4.69, 9.17) is 0 Å². The summed E-state index contributed by atoms with van der Waals surface area (Å²) in [6.07, 6.45) is 1.05. The van der Waals surface area contributed by atoms with Gasteiger partial charge in [0.15, 0.2) is 0 Å². The molecule has 2 aliphatic rings. The summed E-state index contributed by atoms with van der Waals surface area (Å²) in [5.41, 5.74) is 2.90. The minimum Gasteiger partial charge on any atom is -0.382 e. The molecule has 1 aromatic carbocycles. The Balaban J connectivity index is 1.76. The van der Waals surface area contributed by atoms with Crippen LogP contribution in [-0.4, -0.2) is 62.0 Å². The van der Waals surface area contributed by atoms with Gasteiger partial charge in [-0.15, -0.1) is 0 Å². The second-order valence-corrected chi connectivity index (χ2v) is 5.56. The van der Waals surface area contributed by atoms with Gasteiger partial charge in [0, 0.05) is 38.3 Å². The fraction of sp³-hybridized carbons (Fsp3) is 0.533. The lowest BCUT2D eigenvalue weighted by Gasteiger charge is -2.23. The SMILES string of the molecule is CN1CCCN(C(=O)c2ccc3c(c2)NCCN3)CC1. The van der Waals surface area contributed by atoms with Crippen molar-refractivity contribution in [1.82, 2.24) is 9.80 Å². The zero-order valence-corrected chi connectivity index (χ0v) is 12.0. The van der Waals surface area contributed by atoms with Crippen molar-refractivity contribution in [2.75, 3.05) is 56.9 Å². The van der Waals surface area contributed by atoms with Crippen molar-refractivity contribution in [2.24, 2.45) is 0 Å². The molecule has 1 aromatic rings. The number of amides is 1. The molecule has 0 atom stereocenters. The van der Waals surface area contributed by atoms with E-state index in [-0.39, 0.29) is 5.91 Å². The molecule has 5 nitrogen and oxygen atoms in total. The monoisotopic (exact) mass is 274 g/mol. The van der Waals surface area contributed by atoms with Crippen molar-refractivity contribution in [3.8, 4) is 0 Å². The Bertz CT molecular complexity index is 503. The summed E-state index contributed by atoms with van der Waals surface area (Å²) in [6.45, 7) is 5.53. The van der Waals surface area contributed by atoms with Crippen LogP contribution in [0.3, 0.4) is 0 Å². The number of hydrogen-bond donors (Lipinski definition) is 2. The van der Waals surface area contributed by atoms with Gasteiger partial charge in [0.05, 0.1) is 11.4 Å². The highest BCUT2D eigenvalue weighted by Crippen LogP contribution is 2.26. The summed E-state index contributed by atoms with van der Waals surface area (Å²) in [5, 5.41) is 6.67. The van der Waals surface area contributed by atoms with Gasteiger partial charge < -0.3 is 20.4 Å². The Labute approximate surface area is 119 Å². The second-order valence-electron chi connectivity index (χ2n) is 5.56. The molecule has 0 unspecified atom stereocenters. The van der Waals surface area contributed by atoms with Crippen molar-refractivity contribution in [1.29, 1.82) is 0 Å². The number of carbonyl (C=O) groups is 1. The Morgan fingerprint density at radius 3 is 2.70 bits per heavy atom. The number of benzene rings is 1. The number of hydrogen-bond acceptors (Lipinski definition) is 4. The van der Waals surface area contributed by atoms with Gasteiger partial charge in [-0.1, -0.05) is 0 Å². The quantitative estimate of drug-likeness (QED) is 0.810. The van der Waals surface area contributed by atoms with E-state index in [0.29, 0.717) is 0 Å². The molecule has 0 saturated carbocycles. The fourth-order valence-electron chi connectivity index (χ4n) is 2.80. The van der Waals surface area contributed by atoms with E-state index in [1.54, 1.807) is 0 Å². The third kappa shape index (κ3) is 2.72. The zero-order valence-electron chi connectivity index (χ0n) is 12.0. The number of anilines is 2. The summed E-state index contributed by atoms with van der Waals surface area (Å²) in [7, 11) is 2.11. The van der Waals surface area contributed by atoms with E-state index in [9.17, 15) is 4.79 Å². The smallest absolute Gasteiger partial charge is 0.253 e. The number of nitrogens with one attached hydrogen (secondary N) is 2. The molecular weight excluding hydrogens is 252 g/mol. The molecule has 0 bridgehead atoms. The van der Waals surface area contributed by atoms with Gasteiger partial charge in [0.25, 0.3) is 5.91 Å². The van der Waals surface area contributed by atoms with Crippen molar-refractivity contribution in [3.05, 3.63) is 23.8 Å². The minimum absolute atomic E-state index is 0.149. The minimum atomic E-state index is 0.149. The van der Waals surface area contributed by atoms with Crippen LogP contribution in [0.4, 0.5) is 11.4 Å². The molecule has 3 rings (SSSR count). The molecule has 2 heterocycles. The van der Waals surface area contributed by atoms with Crippen LogP contribution < -0.4 is 10.6 Å². The highest BCUT2D eigenvalue weighted by molar-refractivity contribution is 5.96. The van der Waals surface area contributed by atoms with Gasteiger partial charge in [0.1, 0.15) is 0 Å². The number of carbonyl (C=O) groups excluding carboxylic acids is 1. The first-order valence-corrected chi connectivity index (χ1v) is 7.33. The molecule has 108 valence electrons. The molecule has 0 aliphatic carbocycles. The summed E-state index contributed by atoms with van der Waals surface area (Å²) >= 11 is 0. The molecule has 20 heavy (non-hydrogen) atoms. The molecule has 1 amide bonds. The summed E-state index contributed by atoms with van der Waals surface area (Å²) < 4.78 is 0. The zero-order chi connectivity index (χ0) is 13.9. The van der Waals surface area contributed by atoms with Crippen LogP contribution in [0.25, 0.3) is 0 Å². The summed E-state index contributed by atoms with van der Waals surface area (Å²) in [5.74, 6) is 0.149. The predicted octanol–water partition coefficient (Wildman–Crippen LogP) is 1.30. The first-order valence-electron chi connectivity index (χ1n) is 7.33. The first kappa shape index (κ1) is 13.2. The van der Waals surface area contributed by atoms with Crippen LogP contribution in [-0.2, 0) is 0 Å². The van der Waals surface area contributed by atoms with Gasteiger partial charge in [-0.05, 0) is 38.2 Å². The summed E-state index contributed by atoms with van der Waals surface area (Å²) in [6, 6.07) is 5.90. The molecule has 5 heteroatoms. The molecule has 0 aromatic heterocycles. The third-order valence-electron chi connectivity index (χ3n) is 4.03. The van der Waals surface area contributed by atoms with Crippen LogP contribution in [0.5, 0.6) is 0 Å². The fourth-order valence-corrected chi connectivity index (χ4v) is 2.80. The lowest BCUT2D eigenvalue weighted by molar-refractivity contribution is 0.0763. The maximum Gasteiger partial charge on any atom is 0.253 e. The normalized spacial score (nSPS) is 19.6. The Morgan fingerprint density at radius 2 is 1.85 bits per heavy atom. The van der Waals surface area contributed by atoms with Crippen LogP contribution in [0.1, 0.15) is 16.8 Å². The van der Waals surface area contributed by atoms with Crippen LogP contribution >= 0.6 is 0 Å². The van der Waals surface area contributed by atoms with Gasteiger partial charge in [-0.2, -0.15) is 0 Å². The van der Waals surface area contributed by atoms with E-state index in [1.807, 2.05) is 23.1 Å². The van der Waals surface area contributed by atoms with E-state index in [0.717, 1.165) is 62.6 Å². The molecule has 1 saturated heterocycles. The van der Waals surface area contributed by atoms with E-state index in [2.05, 4.69) is 22.6 Å². The van der Waals surface area contributed by atoms with Crippen LogP contribution in [0.2, 0.25) is 0 Å². The highest BCUT2D eigenvalue weighted by atomic mass is 16.2. The van der Waals surface area contributed by atoms with E-state index >= 15 is 0 Å². The number of rotatable bonds is 1. The Morgan fingerprint density at radius 1 is 1.05 bits per heavy atom. The molecule has 0 radical (unpaired) electrons. The molecule has 2 aliphatic heterocycles. The standard InChI is InChI=1S/C15H22N4O/c1-18-7-2-8-19(10-9-18)15(20)12-3-4-13-14(11-12)17-6-5-16-13/h3-4,11,16-17H,2,5-10H2,1H3. The van der Waals surface area contributed by atoms with Gasteiger partial charge >= 0.3 is 0 Å². The lowest BCUT2D eigenvalue weighted by atomic mass is 10.1. The highest BCUT2D eigenvalue weighted by Gasteiger charge is 2.20. The Kier molecular flexibility index (Phi) is 3.78. The maximum absolute atomic E-state index is 12.6. The maximum atomic E-state index is 12.6. The van der Waals surface area contributed by atoms with Gasteiger partial charge in [-0.25, -0.2) is 0 Å². The van der Waals surface area contributed by atoms with E-state index in [1.165, 1.54) is 0 Å². The average molecular weight is 274 g/mol. The Hall–Kier alpha value is -1.75. The largest absolute Gasteiger partial charge is 0.382 e. The van der Waals surface area contributed by atoms with Crippen molar-refractivity contribution in [2.45, 2.75) is 6.42 Å². The topological polar surface area (TPSA) is 47.6 Å². The van der Waals surface area contributed by atoms with Crippen LogP contribution in [0, 0.1) is 0 Å².